The fourth-order valence-corrected chi connectivity index (χ4v) is 3.65. The number of aliphatic hydroxyl groups excluding tert-OH is 1. The highest BCUT2D eigenvalue weighted by Gasteiger charge is 2.32. The number of pyridine rings is 1. The van der Waals surface area contributed by atoms with E-state index in [4.69, 9.17) is 0 Å². The summed E-state index contributed by atoms with van der Waals surface area (Å²) in [5.74, 6) is -2.21. The predicted molar refractivity (Wildman–Crippen MR) is 114 cm³/mol. The summed E-state index contributed by atoms with van der Waals surface area (Å²) < 4.78 is 54.6. The lowest BCUT2D eigenvalue weighted by atomic mass is 10.1. The van der Waals surface area contributed by atoms with Gasteiger partial charge in [-0.3, -0.25) is 4.79 Å². The highest BCUT2D eigenvalue weighted by molar-refractivity contribution is 6.05. The van der Waals surface area contributed by atoms with Gasteiger partial charge < -0.3 is 20.1 Å². The van der Waals surface area contributed by atoms with Crippen LogP contribution in [-0.4, -0.2) is 52.0 Å². The van der Waals surface area contributed by atoms with Crippen molar-refractivity contribution in [2.75, 3.05) is 29.9 Å². The van der Waals surface area contributed by atoms with Crippen LogP contribution in [0.1, 0.15) is 16.8 Å². The molecule has 3 heterocycles. The number of carbonyl (C=O) groups is 1. The minimum absolute atomic E-state index is 0.0592. The summed E-state index contributed by atoms with van der Waals surface area (Å²) in [6, 6.07) is 4.18. The molecule has 1 aromatic carbocycles. The molecule has 0 bridgehead atoms. The molecular weight excluding hydrogens is 458 g/mol. The monoisotopic (exact) mass is 477 g/mol. The lowest BCUT2D eigenvalue weighted by Crippen LogP contribution is -2.23. The van der Waals surface area contributed by atoms with Crippen LogP contribution in [0, 0.1) is 11.7 Å². The van der Waals surface area contributed by atoms with Crippen molar-refractivity contribution in [1.82, 2.24) is 15.0 Å². The maximum atomic E-state index is 14.0. The Kier molecular flexibility index (Phi) is 6.59. The van der Waals surface area contributed by atoms with Gasteiger partial charge in [0.15, 0.2) is 11.6 Å². The lowest BCUT2D eigenvalue weighted by Gasteiger charge is -2.21. The highest BCUT2D eigenvalue weighted by atomic mass is 19.4. The Morgan fingerprint density at radius 2 is 1.97 bits per heavy atom. The van der Waals surface area contributed by atoms with Gasteiger partial charge in [-0.25, -0.2) is 19.3 Å². The summed E-state index contributed by atoms with van der Waals surface area (Å²) >= 11 is 0. The summed E-state index contributed by atoms with van der Waals surface area (Å²) in [4.78, 5) is 27.3. The smallest absolute Gasteiger partial charge is 0.403 e. The fourth-order valence-electron chi connectivity index (χ4n) is 3.65. The quantitative estimate of drug-likeness (QED) is 0.523. The molecule has 12 heteroatoms. The van der Waals surface area contributed by atoms with Crippen molar-refractivity contribution >= 4 is 17.4 Å². The number of ether oxygens (including phenoxy) is 1. The molecule has 1 atom stereocenters. The predicted octanol–water partition coefficient (Wildman–Crippen LogP) is 3.65. The zero-order valence-corrected chi connectivity index (χ0v) is 17.6. The molecule has 34 heavy (non-hydrogen) atoms. The lowest BCUT2D eigenvalue weighted by molar-refractivity contribution is -0.275. The summed E-state index contributed by atoms with van der Waals surface area (Å²) in [7, 11) is 0. The Hall–Kier alpha value is -3.80. The minimum Gasteiger partial charge on any atom is -0.403 e. The molecule has 1 aliphatic rings. The number of halogens is 4. The number of hydrogen-bond donors (Lipinski definition) is 2. The van der Waals surface area contributed by atoms with Crippen LogP contribution in [0.3, 0.4) is 0 Å². The molecule has 1 unspecified atom stereocenters. The maximum absolute atomic E-state index is 14.0. The van der Waals surface area contributed by atoms with Crippen molar-refractivity contribution in [3.63, 3.8) is 0 Å². The zero-order valence-electron chi connectivity index (χ0n) is 17.6. The Balaban J connectivity index is 1.59. The van der Waals surface area contributed by atoms with Crippen LogP contribution in [0.5, 0.6) is 5.75 Å². The average molecular weight is 477 g/mol. The summed E-state index contributed by atoms with van der Waals surface area (Å²) in [6.07, 6.45) is 1.62. The van der Waals surface area contributed by atoms with Crippen molar-refractivity contribution in [1.29, 1.82) is 0 Å². The van der Waals surface area contributed by atoms with E-state index in [1.165, 1.54) is 12.5 Å². The maximum Gasteiger partial charge on any atom is 0.573 e. The van der Waals surface area contributed by atoms with Gasteiger partial charge in [0.1, 0.15) is 12.1 Å². The van der Waals surface area contributed by atoms with E-state index in [0.717, 1.165) is 24.6 Å². The van der Waals surface area contributed by atoms with Crippen LogP contribution >= 0.6 is 0 Å². The SMILES string of the molecule is O=C(Nc1ccc(OC(F)(F)F)c(F)c1)c1cnc(N2CCC(CO)C2)c(-c2cncnc2)c1. The van der Waals surface area contributed by atoms with E-state index in [9.17, 15) is 27.5 Å². The fraction of sp³-hybridized carbons (Fsp3) is 0.273. The van der Waals surface area contributed by atoms with E-state index in [-0.39, 0.29) is 23.8 Å². The van der Waals surface area contributed by atoms with Crippen molar-refractivity contribution in [3.8, 4) is 16.9 Å². The third-order valence-corrected chi connectivity index (χ3v) is 5.26. The average Bonchev–Trinajstić information content (AvgIpc) is 3.29. The number of hydrogen-bond acceptors (Lipinski definition) is 7. The first kappa shape index (κ1) is 23.4. The number of nitrogens with one attached hydrogen (secondary N) is 1. The molecule has 1 aliphatic heterocycles. The highest BCUT2D eigenvalue weighted by Crippen LogP contribution is 2.33. The second kappa shape index (κ2) is 9.59. The number of carbonyl (C=O) groups excluding carboxylic acids is 1. The molecule has 0 spiro atoms. The van der Waals surface area contributed by atoms with E-state index in [0.29, 0.717) is 30.0 Å². The summed E-state index contributed by atoms with van der Waals surface area (Å²) in [5.41, 5.74) is 1.28. The molecule has 2 N–H and O–H groups in total. The number of aromatic nitrogens is 3. The summed E-state index contributed by atoms with van der Waals surface area (Å²) in [5, 5.41) is 11.9. The van der Waals surface area contributed by atoms with Crippen LogP contribution in [0.15, 0.2) is 49.2 Å². The van der Waals surface area contributed by atoms with Crippen LogP contribution in [-0.2, 0) is 0 Å². The third kappa shape index (κ3) is 5.39. The van der Waals surface area contributed by atoms with Gasteiger partial charge in [-0.05, 0) is 24.6 Å². The van der Waals surface area contributed by atoms with Gasteiger partial charge in [-0.15, -0.1) is 13.2 Å². The van der Waals surface area contributed by atoms with Crippen LogP contribution in [0.2, 0.25) is 0 Å². The van der Waals surface area contributed by atoms with Gasteiger partial charge in [0.05, 0.1) is 5.56 Å². The number of anilines is 2. The second-order valence-electron chi connectivity index (χ2n) is 7.65. The van der Waals surface area contributed by atoms with Crippen molar-refractivity contribution < 1.29 is 32.2 Å². The molecule has 1 fully saturated rings. The summed E-state index contributed by atoms with van der Waals surface area (Å²) in [6.45, 7) is 1.33. The van der Waals surface area contributed by atoms with Gasteiger partial charge >= 0.3 is 6.36 Å². The van der Waals surface area contributed by atoms with E-state index in [1.807, 2.05) is 4.90 Å². The third-order valence-electron chi connectivity index (χ3n) is 5.26. The van der Waals surface area contributed by atoms with E-state index in [2.05, 4.69) is 25.0 Å². The molecule has 2 aromatic heterocycles. The number of alkyl halides is 3. The first-order valence-electron chi connectivity index (χ1n) is 10.2. The molecule has 8 nitrogen and oxygen atoms in total. The largest absolute Gasteiger partial charge is 0.573 e. The normalized spacial score (nSPS) is 15.9. The molecule has 1 amide bonds. The number of benzene rings is 1. The topological polar surface area (TPSA) is 100 Å². The van der Waals surface area contributed by atoms with Crippen LogP contribution in [0.25, 0.3) is 11.1 Å². The van der Waals surface area contributed by atoms with E-state index in [1.54, 1.807) is 18.5 Å². The van der Waals surface area contributed by atoms with Crippen molar-refractivity contribution in [2.45, 2.75) is 12.8 Å². The molecule has 3 aromatic rings. The Labute approximate surface area is 191 Å². The molecular formula is C22H19F4N5O3. The number of amides is 1. The van der Waals surface area contributed by atoms with Crippen LogP contribution < -0.4 is 15.0 Å². The number of nitrogens with zero attached hydrogens (tertiary/aromatic N) is 4. The molecule has 178 valence electrons. The van der Waals surface area contributed by atoms with Crippen LogP contribution in [0.4, 0.5) is 29.1 Å². The van der Waals surface area contributed by atoms with Crippen molar-refractivity contribution in [2.24, 2.45) is 5.92 Å². The molecule has 4 rings (SSSR count). The Morgan fingerprint density at radius 3 is 2.62 bits per heavy atom. The van der Waals surface area contributed by atoms with Gasteiger partial charge in [-0.2, -0.15) is 0 Å². The minimum atomic E-state index is -5.04. The van der Waals surface area contributed by atoms with Gasteiger partial charge in [0, 0.05) is 67.1 Å². The Morgan fingerprint density at radius 1 is 1.21 bits per heavy atom. The number of rotatable bonds is 6. The van der Waals surface area contributed by atoms with Gasteiger partial charge in [0.2, 0.25) is 0 Å². The number of aliphatic hydroxyl groups is 1. The molecule has 0 saturated carbocycles. The molecule has 0 radical (unpaired) electrons. The first-order valence-corrected chi connectivity index (χ1v) is 10.2. The standard InChI is InChI=1S/C22H19F4N5O3/c23-18-6-16(1-2-19(18)34-22(24,25)26)30-21(33)14-5-17(15-7-27-12-28-8-15)20(29-9-14)31-4-3-13(10-31)11-32/h1-2,5-9,12-13,32H,3-4,10-11H2,(H,30,33). The second-order valence-corrected chi connectivity index (χ2v) is 7.65. The first-order chi connectivity index (χ1) is 16.2. The van der Waals surface area contributed by atoms with Gasteiger partial charge in [-0.1, -0.05) is 0 Å². The van der Waals surface area contributed by atoms with E-state index < -0.39 is 23.8 Å². The van der Waals surface area contributed by atoms with Crippen molar-refractivity contribution in [3.05, 3.63) is 60.6 Å². The molecule has 0 aliphatic carbocycles. The van der Waals surface area contributed by atoms with Gasteiger partial charge in [0.25, 0.3) is 5.91 Å². The zero-order chi connectivity index (χ0) is 24.3. The van der Waals surface area contributed by atoms with E-state index >= 15 is 0 Å². The molecule has 1 saturated heterocycles. The Bertz CT molecular complexity index is 1180.